The van der Waals surface area contributed by atoms with Gasteiger partial charge in [-0.05, 0) is 54.6 Å². The molecule has 3 heterocycles. The number of carbonyl (C=O) groups is 1. The van der Waals surface area contributed by atoms with Crippen LogP contribution in [-0.4, -0.2) is 59.8 Å². The van der Waals surface area contributed by atoms with E-state index in [0.29, 0.717) is 33.8 Å². The van der Waals surface area contributed by atoms with E-state index >= 15 is 0 Å². The van der Waals surface area contributed by atoms with Crippen molar-refractivity contribution in [2.24, 2.45) is 7.05 Å². The summed E-state index contributed by atoms with van der Waals surface area (Å²) in [6.07, 6.45) is -2.78. The zero-order valence-corrected chi connectivity index (χ0v) is 25.4. The number of fused-ring (bicyclic) bond motifs is 2. The number of halogens is 3. The molecule has 15 heteroatoms. The zero-order chi connectivity index (χ0) is 35.8. The predicted molar refractivity (Wildman–Crippen MR) is 171 cm³/mol. The van der Waals surface area contributed by atoms with E-state index in [1.165, 1.54) is 48.3 Å². The number of benzene rings is 3. The zero-order valence-electron chi connectivity index (χ0n) is 28.4. The molecule has 6 rings (SSSR count). The third-order valence-corrected chi connectivity index (χ3v) is 7.45. The van der Waals surface area contributed by atoms with Crippen molar-refractivity contribution in [2.45, 2.75) is 19.3 Å². The standard InChI is InChI=1S/C32H31F3N8O4/c1-41-16-20-13-22(8-12-26(20)40-41)42-17-25-28(36-15-19-5-9-24(46-3)14-27(19)47-4)38-30(37-18-32(33,34)35)39-29(25)43(31(42)44)21-6-10-23(45-2)11-7-21/h5-14,16H,15,17-18H2,1-4H3,(H2,36,37,38,39)/i2D3. The van der Waals surface area contributed by atoms with Crippen molar-refractivity contribution in [2.75, 3.05) is 48.2 Å². The third-order valence-electron chi connectivity index (χ3n) is 7.45. The van der Waals surface area contributed by atoms with Crippen LogP contribution in [0.15, 0.2) is 66.9 Å². The Balaban J connectivity index is 1.48. The number of aryl methyl sites for hydroxylation is 1. The van der Waals surface area contributed by atoms with E-state index in [9.17, 15) is 18.0 Å². The summed E-state index contributed by atoms with van der Waals surface area (Å²) < 4.78 is 79.7. The van der Waals surface area contributed by atoms with Gasteiger partial charge in [-0.2, -0.15) is 28.2 Å². The van der Waals surface area contributed by atoms with E-state index < -0.39 is 25.8 Å². The molecule has 0 aliphatic carbocycles. The summed E-state index contributed by atoms with van der Waals surface area (Å²) in [5, 5.41) is 10.6. The lowest BCUT2D eigenvalue weighted by Crippen LogP contribution is -2.46. The van der Waals surface area contributed by atoms with Gasteiger partial charge < -0.3 is 24.8 Å². The molecule has 2 N–H and O–H groups in total. The first-order valence-corrected chi connectivity index (χ1v) is 14.2. The topological polar surface area (TPSA) is 119 Å². The van der Waals surface area contributed by atoms with Gasteiger partial charge in [0.2, 0.25) is 5.95 Å². The number of ether oxygens (including phenoxy) is 3. The highest BCUT2D eigenvalue weighted by Crippen LogP contribution is 2.40. The summed E-state index contributed by atoms with van der Waals surface area (Å²) in [5.74, 6) is 0.873. The lowest BCUT2D eigenvalue weighted by molar-refractivity contribution is -0.115. The lowest BCUT2D eigenvalue weighted by atomic mass is 10.1. The van der Waals surface area contributed by atoms with Gasteiger partial charge in [-0.15, -0.1) is 0 Å². The number of alkyl halides is 3. The normalized spacial score (nSPS) is 14.3. The van der Waals surface area contributed by atoms with Crippen LogP contribution in [0.2, 0.25) is 0 Å². The minimum atomic E-state index is -4.58. The van der Waals surface area contributed by atoms with Crippen molar-refractivity contribution in [1.82, 2.24) is 19.7 Å². The first-order valence-electron chi connectivity index (χ1n) is 15.7. The molecule has 5 aromatic rings. The number of aromatic nitrogens is 4. The Morgan fingerprint density at radius 1 is 0.936 bits per heavy atom. The van der Waals surface area contributed by atoms with Crippen molar-refractivity contribution in [3.8, 4) is 17.2 Å². The molecule has 12 nitrogen and oxygen atoms in total. The van der Waals surface area contributed by atoms with E-state index in [-0.39, 0.29) is 42.1 Å². The van der Waals surface area contributed by atoms with Crippen molar-refractivity contribution >= 4 is 45.9 Å². The molecule has 1 aliphatic rings. The number of amides is 2. The Hall–Kier alpha value is -5.73. The van der Waals surface area contributed by atoms with Crippen molar-refractivity contribution in [3.05, 3.63) is 78.0 Å². The maximum atomic E-state index is 14.4. The summed E-state index contributed by atoms with van der Waals surface area (Å²) in [7, 11) is 2.09. The van der Waals surface area contributed by atoms with Crippen LogP contribution in [0.1, 0.15) is 15.2 Å². The number of hydrogen-bond donors (Lipinski definition) is 2. The number of urea groups is 1. The van der Waals surface area contributed by atoms with Crippen LogP contribution >= 0.6 is 0 Å². The van der Waals surface area contributed by atoms with Gasteiger partial charge in [0.15, 0.2) is 5.82 Å². The maximum Gasteiger partial charge on any atom is 0.405 e. The maximum absolute atomic E-state index is 14.4. The van der Waals surface area contributed by atoms with Crippen LogP contribution in [0.25, 0.3) is 10.9 Å². The summed E-state index contributed by atoms with van der Waals surface area (Å²) in [5.41, 5.74) is 2.55. The van der Waals surface area contributed by atoms with Gasteiger partial charge in [0.25, 0.3) is 0 Å². The summed E-state index contributed by atoms with van der Waals surface area (Å²) in [4.78, 5) is 25.9. The van der Waals surface area contributed by atoms with Gasteiger partial charge in [0, 0.05) is 42.5 Å². The van der Waals surface area contributed by atoms with E-state index in [1.807, 2.05) is 0 Å². The molecule has 3 aromatic carbocycles. The molecule has 244 valence electrons. The van der Waals surface area contributed by atoms with Crippen LogP contribution in [0.5, 0.6) is 17.2 Å². The Labute approximate surface area is 271 Å². The van der Waals surface area contributed by atoms with E-state index in [2.05, 4.69) is 25.7 Å². The Kier molecular flexibility index (Phi) is 7.38. The highest BCUT2D eigenvalue weighted by Gasteiger charge is 2.37. The fourth-order valence-corrected chi connectivity index (χ4v) is 5.22. The number of carbonyl (C=O) groups excluding carboxylic acids is 1. The highest BCUT2D eigenvalue weighted by atomic mass is 19.4. The smallest absolute Gasteiger partial charge is 0.405 e. The second-order valence-electron chi connectivity index (χ2n) is 10.5. The van der Waals surface area contributed by atoms with Gasteiger partial charge >= 0.3 is 12.2 Å². The second kappa shape index (κ2) is 12.6. The second-order valence-corrected chi connectivity index (χ2v) is 10.5. The summed E-state index contributed by atoms with van der Waals surface area (Å²) in [6, 6.07) is 15.6. The summed E-state index contributed by atoms with van der Waals surface area (Å²) in [6.45, 7) is -1.35. The quantitative estimate of drug-likeness (QED) is 0.181. The minimum absolute atomic E-state index is 0.0158. The number of nitrogens with one attached hydrogen (secondary N) is 2. The molecule has 0 unspecified atom stereocenters. The van der Waals surface area contributed by atoms with E-state index in [4.69, 9.17) is 18.3 Å². The Morgan fingerprint density at radius 3 is 2.43 bits per heavy atom. The molecule has 0 spiro atoms. The largest absolute Gasteiger partial charge is 0.497 e. The molecule has 0 atom stereocenters. The first kappa shape index (κ1) is 27.6. The molecular formula is C32H31F3N8O4. The molecule has 47 heavy (non-hydrogen) atoms. The van der Waals surface area contributed by atoms with Crippen molar-refractivity contribution in [3.63, 3.8) is 0 Å². The van der Waals surface area contributed by atoms with Crippen LogP contribution in [0.4, 0.5) is 46.9 Å². The fourth-order valence-electron chi connectivity index (χ4n) is 5.22. The number of hydrogen-bond acceptors (Lipinski definition) is 9. The van der Waals surface area contributed by atoms with Crippen LogP contribution in [0.3, 0.4) is 0 Å². The molecule has 0 bridgehead atoms. The van der Waals surface area contributed by atoms with E-state index in [0.717, 1.165) is 5.39 Å². The SMILES string of the molecule is [2H]C([2H])([2H])Oc1ccc(N2C(=O)N(c3ccc4nn(C)cc4c3)Cc3c(NCc4ccc(OC)cc4OC)nc(NCC(F)(F)F)nc32)cc1. The molecule has 0 saturated carbocycles. The van der Waals surface area contributed by atoms with Gasteiger partial charge in [0.1, 0.15) is 29.6 Å². The monoisotopic (exact) mass is 651 g/mol. The third kappa shape index (κ3) is 6.50. The number of rotatable bonds is 10. The van der Waals surface area contributed by atoms with Gasteiger partial charge in [0.05, 0.1) is 48.7 Å². The number of methoxy groups -OCH3 is 3. The molecule has 0 saturated heterocycles. The molecule has 1 aliphatic heterocycles. The average molecular weight is 652 g/mol. The van der Waals surface area contributed by atoms with Crippen molar-refractivity contribution in [1.29, 1.82) is 0 Å². The van der Waals surface area contributed by atoms with Gasteiger partial charge in [-0.3, -0.25) is 9.58 Å². The van der Waals surface area contributed by atoms with Crippen LogP contribution in [-0.2, 0) is 20.1 Å². The van der Waals surface area contributed by atoms with Crippen LogP contribution < -0.4 is 34.6 Å². The lowest BCUT2D eigenvalue weighted by Gasteiger charge is -2.37. The molecule has 0 fully saturated rings. The minimum Gasteiger partial charge on any atom is -0.497 e. The molecular weight excluding hydrogens is 617 g/mol. The molecule has 0 radical (unpaired) electrons. The molecule has 2 aromatic heterocycles. The Bertz CT molecular complexity index is 2040. The predicted octanol–water partition coefficient (Wildman–Crippen LogP) is 6.25. The summed E-state index contributed by atoms with van der Waals surface area (Å²) >= 11 is 0. The average Bonchev–Trinajstić information content (AvgIpc) is 3.44. The highest BCUT2D eigenvalue weighted by molar-refractivity contribution is 6.11. The van der Waals surface area contributed by atoms with Gasteiger partial charge in [-0.1, -0.05) is 0 Å². The van der Waals surface area contributed by atoms with E-state index in [1.54, 1.807) is 54.3 Å². The molecule has 2 amide bonds. The van der Waals surface area contributed by atoms with Gasteiger partial charge in [-0.25, -0.2) is 9.69 Å². The Morgan fingerprint density at radius 2 is 1.70 bits per heavy atom. The fraction of sp³-hybridized carbons (Fsp3) is 0.250. The van der Waals surface area contributed by atoms with Crippen LogP contribution in [0, 0.1) is 0 Å². The first-order chi connectivity index (χ1) is 23.7. The number of nitrogens with zero attached hydrogens (tertiary/aromatic N) is 6. The number of anilines is 5. The van der Waals surface area contributed by atoms with Crippen molar-refractivity contribution < 1.29 is 36.3 Å².